The van der Waals surface area contributed by atoms with Crippen LogP contribution in [-0.4, -0.2) is 38.4 Å². The first-order valence-electron chi connectivity index (χ1n) is 5.48. The van der Waals surface area contributed by atoms with Gasteiger partial charge in [0.1, 0.15) is 5.75 Å². The molecule has 4 heteroatoms. The summed E-state index contributed by atoms with van der Waals surface area (Å²) in [6.45, 7) is 2.61. The van der Waals surface area contributed by atoms with Crippen LogP contribution in [0.25, 0.3) is 0 Å². The molecular weight excluding hydrogens is 238 g/mol. The summed E-state index contributed by atoms with van der Waals surface area (Å²) in [5, 5.41) is 0.547. The predicted octanol–water partition coefficient (Wildman–Crippen LogP) is 2.73. The lowest BCUT2D eigenvalue weighted by Gasteiger charge is -2.17. The molecule has 0 aromatic heterocycles. The average Bonchev–Trinajstić information content (AvgIpc) is 2.27. The maximum Gasteiger partial charge on any atom is 0.170 e. The lowest BCUT2D eigenvalue weighted by atomic mass is 9.98. The molecular formula is C13H18ClNO2. The van der Waals surface area contributed by atoms with Crippen molar-refractivity contribution in [1.82, 2.24) is 4.90 Å². The molecule has 0 bridgehead atoms. The summed E-state index contributed by atoms with van der Waals surface area (Å²) >= 11 is 5.91. The van der Waals surface area contributed by atoms with E-state index in [1.807, 2.05) is 25.9 Å². The Labute approximate surface area is 107 Å². The first-order valence-corrected chi connectivity index (χ1v) is 5.86. The summed E-state index contributed by atoms with van der Waals surface area (Å²) in [5.41, 5.74) is 0.550. The Kier molecular flexibility index (Phi) is 4.97. The van der Waals surface area contributed by atoms with E-state index in [2.05, 4.69) is 0 Å². The van der Waals surface area contributed by atoms with E-state index in [-0.39, 0.29) is 11.7 Å². The highest BCUT2D eigenvalue weighted by atomic mass is 35.5. The predicted molar refractivity (Wildman–Crippen MR) is 70.1 cm³/mol. The third kappa shape index (κ3) is 3.72. The largest absolute Gasteiger partial charge is 0.496 e. The van der Waals surface area contributed by atoms with Crippen molar-refractivity contribution in [2.45, 2.75) is 6.92 Å². The number of Topliss-reactive ketones (excluding diaryl/α,β-unsaturated/α-hetero) is 1. The van der Waals surface area contributed by atoms with Gasteiger partial charge in [0, 0.05) is 17.5 Å². The fourth-order valence-corrected chi connectivity index (χ4v) is 1.94. The number of halogens is 1. The molecule has 0 radical (unpaired) electrons. The van der Waals surface area contributed by atoms with Gasteiger partial charge in [-0.05, 0) is 32.3 Å². The summed E-state index contributed by atoms with van der Waals surface area (Å²) < 4.78 is 5.18. The molecule has 0 saturated heterocycles. The van der Waals surface area contributed by atoms with Crippen LogP contribution in [-0.2, 0) is 0 Å². The lowest BCUT2D eigenvalue weighted by Crippen LogP contribution is -2.26. The van der Waals surface area contributed by atoms with Crippen molar-refractivity contribution < 1.29 is 9.53 Å². The minimum absolute atomic E-state index is 0.0538. The first-order chi connectivity index (χ1) is 7.95. The quantitative estimate of drug-likeness (QED) is 0.758. The van der Waals surface area contributed by atoms with E-state index in [0.29, 0.717) is 22.9 Å². The molecule has 0 fully saturated rings. The maximum atomic E-state index is 12.2. The highest BCUT2D eigenvalue weighted by Gasteiger charge is 2.19. The van der Waals surface area contributed by atoms with Crippen LogP contribution in [0.1, 0.15) is 17.3 Å². The minimum atomic E-state index is -0.0858. The van der Waals surface area contributed by atoms with Gasteiger partial charge in [0.05, 0.1) is 12.7 Å². The number of benzene rings is 1. The van der Waals surface area contributed by atoms with Gasteiger partial charge >= 0.3 is 0 Å². The monoisotopic (exact) mass is 255 g/mol. The molecule has 0 amide bonds. The molecule has 1 rings (SSSR count). The van der Waals surface area contributed by atoms with Gasteiger partial charge in [-0.25, -0.2) is 0 Å². The summed E-state index contributed by atoms with van der Waals surface area (Å²) in [4.78, 5) is 14.2. The third-order valence-electron chi connectivity index (χ3n) is 2.51. The molecule has 0 aliphatic rings. The third-order valence-corrected chi connectivity index (χ3v) is 2.75. The molecule has 0 heterocycles. The Bertz CT molecular complexity index is 404. The van der Waals surface area contributed by atoms with Crippen LogP contribution >= 0.6 is 11.6 Å². The number of ether oxygens (including phenoxy) is 1. The molecule has 0 aliphatic heterocycles. The highest BCUT2D eigenvalue weighted by Crippen LogP contribution is 2.25. The van der Waals surface area contributed by atoms with Crippen molar-refractivity contribution in [2.75, 3.05) is 27.7 Å². The summed E-state index contributed by atoms with van der Waals surface area (Å²) in [5.74, 6) is 0.542. The van der Waals surface area contributed by atoms with Gasteiger partial charge in [-0.15, -0.1) is 0 Å². The molecule has 1 atom stereocenters. The number of methoxy groups -OCH3 is 1. The fraction of sp³-hybridized carbons (Fsp3) is 0.462. The standard InChI is InChI=1S/C13H18ClNO2/c1-9(8-15(2)3)13(16)11-7-10(14)5-6-12(11)17-4/h5-7,9H,8H2,1-4H3. The number of ketones is 1. The highest BCUT2D eigenvalue weighted by molar-refractivity contribution is 6.31. The van der Waals surface area contributed by atoms with Crippen molar-refractivity contribution in [1.29, 1.82) is 0 Å². The number of carbonyl (C=O) groups is 1. The summed E-state index contributed by atoms with van der Waals surface area (Å²) in [6, 6.07) is 5.10. The normalized spacial score (nSPS) is 12.6. The van der Waals surface area contributed by atoms with Crippen LogP contribution in [0.4, 0.5) is 0 Å². The van der Waals surface area contributed by atoms with E-state index in [9.17, 15) is 4.79 Å². The van der Waals surface area contributed by atoms with Crippen molar-refractivity contribution in [2.24, 2.45) is 5.92 Å². The molecule has 0 N–H and O–H groups in total. The zero-order chi connectivity index (χ0) is 13.0. The van der Waals surface area contributed by atoms with Crippen molar-refractivity contribution in [3.8, 4) is 5.75 Å². The number of hydrogen-bond acceptors (Lipinski definition) is 3. The van der Waals surface area contributed by atoms with Crippen LogP contribution in [0, 0.1) is 5.92 Å². The summed E-state index contributed by atoms with van der Waals surface area (Å²) in [6.07, 6.45) is 0. The average molecular weight is 256 g/mol. The molecule has 0 saturated carbocycles. The number of rotatable bonds is 5. The van der Waals surface area contributed by atoms with Crippen LogP contribution in [0.2, 0.25) is 5.02 Å². The van der Waals surface area contributed by atoms with Crippen molar-refractivity contribution >= 4 is 17.4 Å². The van der Waals surface area contributed by atoms with Gasteiger partial charge in [-0.1, -0.05) is 18.5 Å². The van der Waals surface area contributed by atoms with Crippen molar-refractivity contribution in [3.05, 3.63) is 28.8 Å². The Hall–Kier alpha value is -1.06. The van der Waals surface area contributed by atoms with Crippen LogP contribution < -0.4 is 4.74 Å². The molecule has 0 spiro atoms. The topological polar surface area (TPSA) is 29.5 Å². The summed E-state index contributed by atoms with van der Waals surface area (Å²) in [7, 11) is 5.44. The first kappa shape index (κ1) is 14.0. The van der Waals surface area contributed by atoms with E-state index in [1.165, 1.54) is 0 Å². The fourth-order valence-electron chi connectivity index (χ4n) is 1.77. The number of hydrogen-bond donors (Lipinski definition) is 0. The maximum absolute atomic E-state index is 12.2. The van der Waals surface area contributed by atoms with E-state index >= 15 is 0 Å². The van der Waals surface area contributed by atoms with Gasteiger partial charge in [-0.3, -0.25) is 4.79 Å². The Morgan fingerprint density at radius 3 is 2.65 bits per heavy atom. The second kappa shape index (κ2) is 6.03. The lowest BCUT2D eigenvalue weighted by molar-refractivity contribution is 0.0907. The molecule has 94 valence electrons. The molecule has 3 nitrogen and oxygen atoms in total. The van der Waals surface area contributed by atoms with E-state index < -0.39 is 0 Å². The van der Waals surface area contributed by atoms with Gasteiger partial charge in [0.2, 0.25) is 0 Å². The molecule has 1 unspecified atom stereocenters. The SMILES string of the molecule is COc1ccc(Cl)cc1C(=O)C(C)CN(C)C. The zero-order valence-electron chi connectivity index (χ0n) is 10.7. The van der Waals surface area contributed by atoms with Crippen LogP contribution in [0.15, 0.2) is 18.2 Å². The van der Waals surface area contributed by atoms with Crippen molar-refractivity contribution in [3.63, 3.8) is 0 Å². The molecule has 17 heavy (non-hydrogen) atoms. The van der Waals surface area contributed by atoms with E-state index in [4.69, 9.17) is 16.3 Å². The minimum Gasteiger partial charge on any atom is -0.496 e. The van der Waals surface area contributed by atoms with E-state index in [0.717, 1.165) is 0 Å². The Balaban J connectivity index is 2.98. The number of carbonyl (C=O) groups excluding carboxylic acids is 1. The van der Waals surface area contributed by atoms with Gasteiger partial charge in [0.15, 0.2) is 5.78 Å². The zero-order valence-corrected chi connectivity index (χ0v) is 11.4. The Morgan fingerprint density at radius 1 is 1.47 bits per heavy atom. The second-order valence-corrected chi connectivity index (χ2v) is 4.81. The molecule has 1 aromatic carbocycles. The van der Waals surface area contributed by atoms with Gasteiger partial charge in [0.25, 0.3) is 0 Å². The van der Waals surface area contributed by atoms with Crippen LogP contribution in [0.5, 0.6) is 5.75 Å². The van der Waals surface area contributed by atoms with Crippen LogP contribution in [0.3, 0.4) is 0 Å². The smallest absolute Gasteiger partial charge is 0.170 e. The molecule has 1 aromatic rings. The Morgan fingerprint density at radius 2 is 2.12 bits per heavy atom. The molecule has 0 aliphatic carbocycles. The van der Waals surface area contributed by atoms with Gasteiger partial charge < -0.3 is 9.64 Å². The second-order valence-electron chi connectivity index (χ2n) is 4.37. The number of nitrogens with zero attached hydrogens (tertiary/aromatic N) is 1. The van der Waals surface area contributed by atoms with E-state index in [1.54, 1.807) is 25.3 Å². The van der Waals surface area contributed by atoms with Gasteiger partial charge in [-0.2, -0.15) is 0 Å².